The molecule has 1 aromatic heterocycles. The first-order chi connectivity index (χ1) is 11.3. The summed E-state index contributed by atoms with van der Waals surface area (Å²) in [6, 6.07) is 7.43. The molecule has 1 fully saturated rings. The van der Waals surface area contributed by atoms with Crippen LogP contribution in [0.5, 0.6) is 5.75 Å². The lowest BCUT2D eigenvalue weighted by atomic mass is 10.1. The molecule has 2 heterocycles. The van der Waals surface area contributed by atoms with Crippen molar-refractivity contribution < 1.29 is 13.9 Å². The van der Waals surface area contributed by atoms with E-state index in [0.29, 0.717) is 24.6 Å². The third-order valence-electron chi connectivity index (χ3n) is 4.07. The van der Waals surface area contributed by atoms with Crippen LogP contribution in [0.1, 0.15) is 31.6 Å². The smallest absolute Gasteiger partial charge is 0.247 e. The summed E-state index contributed by atoms with van der Waals surface area (Å²) in [4.78, 5) is 14.1. The Kier molecular flexibility index (Phi) is 4.90. The maximum Gasteiger partial charge on any atom is 0.247 e. The average molecular weight is 315 g/mol. The zero-order valence-corrected chi connectivity index (χ0v) is 13.3. The fourth-order valence-electron chi connectivity index (χ4n) is 2.72. The van der Waals surface area contributed by atoms with Crippen LogP contribution in [0.25, 0.3) is 11.5 Å². The molecule has 1 saturated heterocycles. The van der Waals surface area contributed by atoms with Gasteiger partial charge in [-0.2, -0.15) is 0 Å². The summed E-state index contributed by atoms with van der Waals surface area (Å²) in [5.74, 6) is 1.92. The van der Waals surface area contributed by atoms with Gasteiger partial charge >= 0.3 is 0 Å². The number of piperidine rings is 1. The number of aryl methyl sites for hydroxylation is 1. The quantitative estimate of drug-likeness (QED) is 0.848. The second-order valence-corrected chi connectivity index (χ2v) is 5.67. The van der Waals surface area contributed by atoms with Crippen molar-refractivity contribution in [1.29, 1.82) is 0 Å². The first-order valence-corrected chi connectivity index (χ1v) is 8.01. The van der Waals surface area contributed by atoms with Gasteiger partial charge in [0, 0.05) is 31.5 Å². The highest BCUT2D eigenvalue weighted by Crippen LogP contribution is 2.21. The second kappa shape index (κ2) is 7.26. The van der Waals surface area contributed by atoms with Crippen LogP contribution >= 0.6 is 0 Å². The highest BCUT2D eigenvalue weighted by Gasteiger charge is 2.17. The third kappa shape index (κ3) is 3.88. The van der Waals surface area contributed by atoms with Crippen molar-refractivity contribution in [1.82, 2.24) is 15.1 Å². The maximum absolute atomic E-state index is 12.1. The van der Waals surface area contributed by atoms with Gasteiger partial charge in [0.15, 0.2) is 0 Å². The number of carbonyl (C=O) groups excluding carboxylic acids is 1. The molecular weight excluding hydrogens is 294 g/mol. The molecule has 0 radical (unpaired) electrons. The molecule has 0 unspecified atom stereocenters. The normalized spacial score (nSPS) is 14.7. The molecule has 6 nitrogen and oxygen atoms in total. The Hall–Kier alpha value is -2.37. The molecule has 3 rings (SSSR count). The molecule has 0 atom stereocenters. The zero-order valence-electron chi connectivity index (χ0n) is 13.3. The van der Waals surface area contributed by atoms with Crippen LogP contribution in [0.15, 0.2) is 28.7 Å². The van der Waals surface area contributed by atoms with E-state index in [2.05, 4.69) is 10.2 Å². The van der Waals surface area contributed by atoms with Gasteiger partial charge in [-0.25, -0.2) is 0 Å². The van der Waals surface area contributed by atoms with Crippen molar-refractivity contribution in [2.45, 2.75) is 32.1 Å². The molecule has 0 N–H and O–H groups in total. The number of nitrogens with zero attached hydrogens (tertiary/aromatic N) is 3. The predicted octanol–water partition coefficient (Wildman–Crippen LogP) is 2.69. The van der Waals surface area contributed by atoms with Crippen molar-refractivity contribution in [2.24, 2.45) is 0 Å². The van der Waals surface area contributed by atoms with Crippen LogP contribution in [-0.4, -0.2) is 41.2 Å². The Labute approximate surface area is 135 Å². The van der Waals surface area contributed by atoms with Crippen molar-refractivity contribution in [3.63, 3.8) is 0 Å². The molecule has 1 amide bonds. The molecule has 23 heavy (non-hydrogen) atoms. The van der Waals surface area contributed by atoms with Crippen LogP contribution in [0.2, 0.25) is 0 Å². The summed E-state index contributed by atoms with van der Waals surface area (Å²) < 4.78 is 10.8. The standard InChI is InChI=1S/C17H21N3O3/c1-22-14-7-5-13(6-8-14)17-19-18-15(23-17)9-10-16(21)20-11-3-2-4-12-20/h5-8H,2-4,9-12H2,1H3. The number of rotatable bonds is 5. The minimum atomic E-state index is 0.175. The van der Waals surface area contributed by atoms with Gasteiger partial charge in [-0.15, -0.1) is 10.2 Å². The van der Waals surface area contributed by atoms with Gasteiger partial charge in [0.1, 0.15) is 5.75 Å². The van der Waals surface area contributed by atoms with E-state index in [1.165, 1.54) is 6.42 Å². The van der Waals surface area contributed by atoms with Crippen LogP contribution in [0.3, 0.4) is 0 Å². The number of likely N-dealkylation sites (tertiary alicyclic amines) is 1. The lowest BCUT2D eigenvalue weighted by Gasteiger charge is -2.26. The van der Waals surface area contributed by atoms with Crippen LogP contribution in [0.4, 0.5) is 0 Å². The van der Waals surface area contributed by atoms with E-state index in [0.717, 1.165) is 37.2 Å². The van der Waals surface area contributed by atoms with Gasteiger partial charge in [-0.1, -0.05) is 0 Å². The molecule has 6 heteroatoms. The minimum absolute atomic E-state index is 0.175. The maximum atomic E-state index is 12.1. The largest absolute Gasteiger partial charge is 0.497 e. The van der Waals surface area contributed by atoms with Gasteiger partial charge in [0.2, 0.25) is 17.7 Å². The first-order valence-electron chi connectivity index (χ1n) is 8.01. The lowest BCUT2D eigenvalue weighted by molar-refractivity contribution is -0.132. The van der Waals surface area contributed by atoms with Crippen molar-refractivity contribution in [3.05, 3.63) is 30.2 Å². The van der Waals surface area contributed by atoms with Gasteiger partial charge in [-0.05, 0) is 43.5 Å². The van der Waals surface area contributed by atoms with Crippen LogP contribution in [-0.2, 0) is 11.2 Å². The zero-order chi connectivity index (χ0) is 16.1. The number of ether oxygens (including phenoxy) is 1. The van der Waals surface area contributed by atoms with E-state index in [4.69, 9.17) is 9.15 Å². The average Bonchev–Trinajstić information content (AvgIpc) is 3.09. The van der Waals surface area contributed by atoms with E-state index in [9.17, 15) is 4.79 Å². The van der Waals surface area contributed by atoms with Gasteiger partial charge in [-0.3, -0.25) is 4.79 Å². The lowest BCUT2D eigenvalue weighted by Crippen LogP contribution is -2.35. The van der Waals surface area contributed by atoms with Crippen molar-refractivity contribution >= 4 is 5.91 Å². The van der Waals surface area contributed by atoms with Gasteiger partial charge in [0.05, 0.1) is 7.11 Å². The number of benzene rings is 1. The summed E-state index contributed by atoms with van der Waals surface area (Å²) in [7, 11) is 1.62. The molecule has 1 aliphatic heterocycles. The van der Waals surface area contributed by atoms with Gasteiger partial charge < -0.3 is 14.1 Å². The topological polar surface area (TPSA) is 68.5 Å². The fourth-order valence-corrected chi connectivity index (χ4v) is 2.72. The molecule has 2 aromatic rings. The molecule has 0 saturated carbocycles. The molecule has 0 aliphatic carbocycles. The number of hydrogen-bond donors (Lipinski definition) is 0. The van der Waals surface area contributed by atoms with E-state index in [1.54, 1.807) is 7.11 Å². The summed E-state index contributed by atoms with van der Waals surface area (Å²) in [6.07, 6.45) is 4.34. The molecule has 0 bridgehead atoms. The number of amides is 1. The van der Waals surface area contributed by atoms with Crippen molar-refractivity contribution in [3.8, 4) is 17.2 Å². The fraction of sp³-hybridized carbons (Fsp3) is 0.471. The van der Waals surface area contributed by atoms with E-state index >= 15 is 0 Å². The van der Waals surface area contributed by atoms with Crippen LogP contribution in [0, 0.1) is 0 Å². The van der Waals surface area contributed by atoms with Crippen LogP contribution < -0.4 is 4.74 Å². The number of hydrogen-bond acceptors (Lipinski definition) is 5. The number of aromatic nitrogens is 2. The summed E-state index contributed by atoms with van der Waals surface area (Å²) in [5.41, 5.74) is 0.840. The van der Waals surface area contributed by atoms with Crippen molar-refractivity contribution in [2.75, 3.05) is 20.2 Å². The Morgan fingerprint density at radius 1 is 1.17 bits per heavy atom. The Morgan fingerprint density at radius 3 is 2.61 bits per heavy atom. The van der Waals surface area contributed by atoms with E-state index in [1.807, 2.05) is 29.2 Å². The summed E-state index contributed by atoms with van der Waals surface area (Å²) >= 11 is 0. The Morgan fingerprint density at radius 2 is 1.91 bits per heavy atom. The number of carbonyl (C=O) groups is 1. The van der Waals surface area contributed by atoms with Gasteiger partial charge in [0.25, 0.3) is 0 Å². The molecule has 122 valence electrons. The SMILES string of the molecule is COc1ccc(-c2nnc(CCC(=O)N3CCCCC3)o2)cc1. The summed E-state index contributed by atoms with van der Waals surface area (Å²) in [5, 5.41) is 8.08. The Bertz CT molecular complexity index is 645. The van der Waals surface area contributed by atoms with E-state index < -0.39 is 0 Å². The first kappa shape index (κ1) is 15.5. The Balaban J connectivity index is 1.57. The highest BCUT2D eigenvalue weighted by molar-refractivity contribution is 5.76. The molecule has 0 spiro atoms. The molecular formula is C17H21N3O3. The highest BCUT2D eigenvalue weighted by atomic mass is 16.5. The third-order valence-corrected chi connectivity index (χ3v) is 4.07. The number of methoxy groups -OCH3 is 1. The molecule has 1 aromatic carbocycles. The monoisotopic (exact) mass is 315 g/mol. The van der Waals surface area contributed by atoms with E-state index in [-0.39, 0.29) is 5.91 Å². The predicted molar refractivity (Wildman–Crippen MR) is 85.0 cm³/mol. The minimum Gasteiger partial charge on any atom is -0.497 e. The second-order valence-electron chi connectivity index (χ2n) is 5.67. The summed E-state index contributed by atoms with van der Waals surface area (Å²) in [6.45, 7) is 1.75. The molecule has 1 aliphatic rings.